The molecule has 5 aliphatic rings. The van der Waals surface area contributed by atoms with Crippen LogP contribution in [-0.4, -0.2) is 114 Å². The highest BCUT2D eigenvalue weighted by Crippen LogP contribution is 2.42. The first-order valence-electron chi connectivity index (χ1n) is 17.4. The molecule has 4 aromatic rings. The molecule has 0 radical (unpaired) electrons. The van der Waals surface area contributed by atoms with Gasteiger partial charge in [-0.25, -0.2) is 9.18 Å². The van der Waals surface area contributed by atoms with Gasteiger partial charge in [0.25, 0.3) is 0 Å². The first-order valence-corrected chi connectivity index (χ1v) is 17.8. The van der Waals surface area contributed by atoms with Crippen LogP contribution >= 0.6 is 11.6 Å². The number of carbonyl (C=O) groups excluding carboxylic acids is 1. The third kappa shape index (κ3) is 5.62. The smallest absolute Gasteiger partial charge is 0.410 e. The summed E-state index contributed by atoms with van der Waals surface area (Å²) in [7, 11) is 0. The van der Waals surface area contributed by atoms with Gasteiger partial charge in [0.15, 0.2) is 5.82 Å². The zero-order valence-electron chi connectivity index (χ0n) is 27.2. The summed E-state index contributed by atoms with van der Waals surface area (Å²) >= 11 is 6.65. The van der Waals surface area contributed by atoms with E-state index < -0.39 is 5.82 Å². The van der Waals surface area contributed by atoms with Crippen LogP contribution in [0.15, 0.2) is 42.6 Å². The van der Waals surface area contributed by atoms with Crippen LogP contribution < -0.4 is 15.0 Å². The van der Waals surface area contributed by atoms with Crippen molar-refractivity contribution in [3.8, 4) is 17.3 Å². The standard InChI is InChI=1S/C36H39ClFN7O4/c37-28-7-2-5-22-4-1-6-26(29(22)28)31-30(38)32-27(17-39-31)33(44-18-23-8-9-24(19-44)40-23)42-34(41-32)48-21-36-10-3-11-45(36)20-25(16-36)49-35(46)43-12-14-47-15-13-43/h1-2,4-7,17,23-25,40H,3,8-16,18-21H2/t23-,24+,25-,36+/m0/s1. The van der Waals surface area contributed by atoms with Gasteiger partial charge in [0.05, 0.1) is 24.1 Å². The fourth-order valence-corrected chi connectivity index (χ4v) is 8.97. The number of nitrogens with one attached hydrogen (secondary N) is 1. The third-order valence-electron chi connectivity index (χ3n) is 11.0. The Morgan fingerprint density at radius 1 is 1.06 bits per heavy atom. The summed E-state index contributed by atoms with van der Waals surface area (Å²) in [6, 6.07) is 12.2. The van der Waals surface area contributed by atoms with Gasteiger partial charge in [-0.05, 0) is 43.7 Å². The molecule has 0 saturated carbocycles. The van der Waals surface area contributed by atoms with E-state index in [0.717, 1.165) is 56.1 Å². The molecule has 4 atom stereocenters. The zero-order chi connectivity index (χ0) is 33.1. The lowest BCUT2D eigenvalue weighted by atomic mass is 9.94. The average molecular weight is 688 g/mol. The van der Waals surface area contributed by atoms with E-state index in [1.165, 1.54) is 0 Å². The number of carbonyl (C=O) groups is 1. The van der Waals surface area contributed by atoms with Gasteiger partial charge < -0.3 is 29.3 Å². The Morgan fingerprint density at radius 3 is 2.67 bits per heavy atom. The number of hydrogen-bond acceptors (Lipinski definition) is 10. The predicted octanol–water partition coefficient (Wildman–Crippen LogP) is 5.03. The van der Waals surface area contributed by atoms with Crippen LogP contribution in [0.4, 0.5) is 15.0 Å². The molecule has 2 aromatic carbocycles. The summed E-state index contributed by atoms with van der Waals surface area (Å²) in [6.45, 7) is 5.54. The maximum absolute atomic E-state index is 16.8. The highest BCUT2D eigenvalue weighted by molar-refractivity contribution is 6.36. The largest absolute Gasteiger partial charge is 0.461 e. The molecule has 49 heavy (non-hydrogen) atoms. The second-order valence-electron chi connectivity index (χ2n) is 14.1. The maximum Gasteiger partial charge on any atom is 0.410 e. The van der Waals surface area contributed by atoms with Crippen LogP contribution in [0, 0.1) is 5.82 Å². The monoisotopic (exact) mass is 687 g/mol. The molecular formula is C36H39ClFN7O4. The molecule has 1 amide bonds. The lowest BCUT2D eigenvalue weighted by Crippen LogP contribution is -2.51. The molecule has 11 nitrogen and oxygen atoms in total. The zero-order valence-corrected chi connectivity index (χ0v) is 28.0. The van der Waals surface area contributed by atoms with Gasteiger partial charge in [-0.3, -0.25) is 9.88 Å². The number of ether oxygens (including phenoxy) is 3. The molecule has 2 aromatic heterocycles. The van der Waals surface area contributed by atoms with Crippen molar-refractivity contribution in [3.05, 3.63) is 53.4 Å². The molecule has 5 fully saturated rings. The highest BCUT2D eigenvalue weighted by Gasteiger charge is 2.51. The van der Waals surface area contributed by atoms with Crippen LogP contribution in [0.3, 0.4) is 0 Å². The average Bonchev–Trinajstić information content (AvgIpc) is 3.78. The van der Waals surface area contributed by atoms with Crippen LogP contribution in [0.25, 0.3) is 32.9 Å². The number of halogens is 2. The first-order chi connectivity index (χ1) is 23.9. The Kier molecular flexibility index (Phi) is 7.94. The van der Waals surface area contributed by atoms with Crippen LogP contribution in [-0.2, 0) is 9.47 Å². The SMILES string of the molecule is O=C(O[C@@H]1CN2CCC[C@]2(COc2nc(N3C[C@H]4CC[C@@H](C3)N4)c3cnc(-c4cccc5cccc(Cl)c45)c(F)c3n2)C1)N1CCOCC1. The van der Waals surface area contributed by atoms with E-state index >= 15 is 4.39 Å². The van der Waals surface area contributed by atoms with E-state index in [0.29, 0.717) is 79.7 Å². The van der Waals surface area contributed by atoms with Crippen LogP contribution in [0.2, 0.25) is 5.02 Å². The van der Waals surface area contributed by atoms with Crippen molar-refractivity contribution in [2.45, 2.75) is 55.8 Å². The van der Waals surface area contributed by atoms with Gasteiger partial charge in [0.1, 0.15) is 29.7 Å². The van der Waals surface area contributed by atoms with Crippen molar-refractivity contribution in [2.24, 2.45) is 0 Å². The lowest BCUT2D eigenvalue weighted by molar-refractivity contribution is 0.0135. The van der Waals surface area contributed by atoms with Crippen LogP contribution in [0.1, 0.15) is 32.1 Å². The Bertz CT molecular complexity index is 1910. The predicted molar refractivity (Wildman–Crippen MR) is 184 cm³/mol. The maximum atomic E-state index is 16.8. The van der Waals surface area contributed by atoms with Crippen molar-refractivity contribution in [2.75, 3.05) is 64.0 Å². The minimum Gasteiger partial charge on any atom is -0.461 e. The number of rotatable bonds is 6. The quantitative estimate of drug-likeness (QED) is 0.297. The normalized spacial score (nSPS) is 26.9. The Balaban J connectivity index is 1.05. The number of morpholine rings is 1. The van der Waals surface area contributed by atoms with E-state index in [9.17, 15) is 4.79 Å². The number of amides is 1. The fourth-order valence-electron chi connectivity index (χ4n) is 8.69. The van der Waals surface area contributed by atoms with Gasteiger partial charge in [-0.2, -0.15) is 9.97 Å². The number of hydrogen-bond donors (Lipinski definition) is 1. The summed E-state index contributed by atoms with van der Waals surface area (Å²) in [5, 5.41) is 6.40. The van der Waals surface area contributed by atoms with Gasteiger partial charge >= 0.3 is 12.1 Å². The van der Waals surface area contributed by atoms with Gasteiger partial charge in [-0.15, -0.1) is 0 Å². The van der Waals surface area contributed by atoms with Crippen molar-refractivity contribution < 1.29 is 23.4 Å². The topological polar surface area (TPSA) is 105 Å². The lowest BCUT2D eigenvalue weighted by Gasteiger charge is -2.34. The van der Waals surface area contributed by atoms with Crippen molar-refractivity contribution in [1.82, 2.24) is 30.1 Å². The van der Waals surface area contributed by atoms with E-state index in [1.807, 2.05) is 30.3 Å². The van der Waals surface area contributed by atoms with E-state index in [4.69, 9.17) is 35.8 Å². The summed E-state index contributed by atoms with van der Waals surface area (Å²) in [5.41, 5.74) is 0.645. The second kappa shape index (κ2) is 12.5. The third-order valence-corrected chi connectivity index (χ3v) is 11.4. The molecule has 0 unspecified atom stereocenters. The van der Waals surface area contributed by atoms with Crippen molar-refractivity contribution in [1.29, 1.82) is 0 Å². The van der Waals surface area contributed by atoms with Crippen LogP contribution in [0.5, 0.6) is 6.01 Å². The summed E-state index contributed by atoms with van der Waals surface area (Å²) in [5.74, 6) is 0.102. The molecule has 9 rings (SSSR count). The number of nitrogens with zero attached hydrogens (tertiary/aromatic N) is 6. The Hall–Kier alpha value is -3.84. The summed E-state index contributed by atoms with van der Waals surface area (Å²) < 4.78 is 34.7. The molecule has 5 aliphatic heterocycles. The molecule has 0 spiro atoms. The highest BCUT2D eigenvalue weighted by atomic mass is 35.5. The number of aromatic nitrogens is 3. The number of fused-ring (bicyclic) bond motifs is 5. The van der Waals surface area contributed by atoms with Gasteiger partial charge in [0, 0.05) is 73.4 Å². The molecule has 5 saturated heterocycles. The summed E-state index contributed by atoms with van der Waals surface area (Å²) in [6.07, 6.45) is 5.96. The molecule has 0 aliphatic carbocycles. The minimum absolute atomic E-state index is 0.135. The van der Waals surface area contributed by atoms with E-state index in [-0.39, 0.29) is 35.0 Å². The molecule has 2 bridgehead atoms. The molecule has 7 heterocycles. The number of pyridine rings is 1. The Labute approximate surface area is 288 Å². The number of benzene rings is 2. The molecule has 13 heteroatoms. The second-order valence-corrected chi connectivity index (χ2v) is 14.5. The minimum atomic E-state index is -0.534. The van der Waals surface area contributed by atoms with E-state index in [1.54, 1.807) is 17.2 Å². The molecule has 1 N–H and O–H groups in total. The number of piperazine rings is 1. The number of anilines is 1. The van der Waals surface area contributed by atoms with Gasteiger partial charge in [0.2, 0.25) is 0 Å². The van der Waals surface area contributed by atoms with Crippen molar-refractivity contribution >= 4 is 45.2 Å². The summed E-state index contributed by atoms with van der Waals surface area (Å²) in [4.78, 5) is 33.5. The Morgan fingerprint density at radius 2 is 1.86 bits per heavy atom. The van der Waals surface area contributed by atoms with Crippen molar-refractivity contribution in [3.63, 3.8) is 0 Å². The molecule has 256 valence electrons. The molecular weight excluding hydrogens is 649 g/mol. The fraction of sp³-hybridized carbons (Fsp3) is 0.500. The first kappa shape index (κ1) is 31.2. The van der Waals surface area contributed by atoms with Gasteiger partial charge in [-0.1, -0.05) is 41.9 Å². The van der Waals surface area contributed by atoms with E-state index in [2.05, 4.69) is 20.1 Å².